The molecule has 0 atom stereocenters. The maximum atomic E-state index is 3.15. The van der Waals surface area contributed by atoms with E-state index in [4.69, 9.17) is 0 Å². The van der Waals surface area contributed by atoms with Gasteiger partial charge >= 0.3 is 89.5 Å². The fraction of sp³-hybridized carbons (Fsp3) is 1.00. The second kappa shape index (κ2) is 11.5. The van der Waals surface area contributed by atoms with Crippen LogP contribution in [0.25, 0.3) is 0 Å². The van der Waals surface area contributed by atoms with Crippen molar-refractivity contribution in [1.29, 1.82) is 0 Å². The molecular formula is C7H17NS2Sn+2. The first-order chi connectivity index (χ1) is 5.41. The van der Waals surface area contributed by atoms with Crippen molar-refractivity contribution in [3.63, 3.8) is 0 Å². The van der Waals surface area contributed by atoms with Gasteiger partial charge in [-0.15, -0.1) is 0 Å². The van der Waals surface area contributed by atoms with Gasteiger partial charge < -0.3 is 0 Å². The van der Waals surface area contributed by atoms with Crippen molar-refractivity contribution in [2.75, 3.05) is 28.2 Å². The number of rotatable bonds is 8. The first-order valence-electron chi connectivity index (χ1n) is 3.92. The predicted octanol–water partition coefficient (Wildman–Crippen LogP) is 1.73. The molecule has 0 aromatic rings. The molecule has 0 aliphatic carbocycles. The van der Waals surface area contributed by atoms with Crippen LogP contribution in [0.4, 0.5) is 0 Å². The Kier molecular flexibility index (Phi) is 13.0. The summed E-state index contributed by atoms with van der Waals surface area (Å²) in [7, 11) is 2.02. The molecule has 0 aliphatic heterocycles. The summed E-state index contributed by atoms with van der Waals surface area (Å²) >= 11 is 4.18. The second-order valence-corrected chi connectivity index (χ2v) is 9.75. The van der Waals surface area contributed by atoms with Crippen molar-refractivity contribution in [2.24, 2.45) is 0 Å². The van der Waals surface area contributed by atoms with Gasteiger partial charge in [0.2, 0.25) is 0 Å². The minimum atomic E-state index is 0.0261. The third-order valence-corrected chi connectivity index (χ3v) is 9.13. The molecule has 0 rings (SSSR count). The monoisotopic (exact) mass is 299 g/mol. The molecule has 1 N–H and O–H groups in total. The summed E-state index contributed by atoms with van der Waals surface area (Å²) in [6.45, 7) is 2.24. The van der Waals surface area contributed by atoms with Crippen LogP contribution in [0.3, 0.4) is 0 Å². The Labute approximate surface area is 89.1 Å². The number of hydrogen-bond acceptors (Lipinski definition) is 3. The Balaban J connectivity index is 2.69. The molecule has 11 heavy (non-hydrogen) atoms. The molecule has 0 aromatic heterocycles. The van der Waals surface area contributed by atoms with E-state index in [1.54, 1.807) is 4.44 Å². The zero-order valence-corrected chi connectivity index (χ0v) is 11.8. The number of thioether (sulfide) groups is 2. The molecule has 4 heteroatoms. The van der Waals surface area contributed by atoms with Crippen LogP contribution in [0, 0.1) is 0 Å². The van der Waals surface area contributed by atoms with Gasteiger partial charge in [-0.1, -0.05) is 0 Å². The SMILES string of the molecule is CCSC[CH2][Sn+2][CH2]SCNC. The zero-order chi connectivity index (χ0) is 8.36. The standard InChI is InChI=1S/C4H9S.C3H8NS.Sn/c1-3-5-4-2;1-4-3-5-2;/h1,3-4H2,2H3;4H,2-3H2,1H3;/q;;+2. The summed E-state index contributed by atoms with van der Waals surface area (Å²) in [4.78, 5) is 0. The van der Waals surface area contributed by atoms with Crippen LogP contribution < -0.4 is 5.32 Å². The molecule has 0 heterocycles. The van der Waals surface area contributed by atoms with E-state index in [-0.39, 0.29) is 21.1 Å². The Morgan fingerprint density at radius 3 is 2.82 bits per heavy atom. The van der Waals surface area contributed by atoms with E-state index in [2.05, 4.69) is 35.8 Å². The van der Waals surface area contributed by atoms with E-state index in [0.29, 0.717) is 0 Å². The van der Waals surface area contributed by atoms with Crippen LogP contribution in [0.1, 0.15) is 6.92 Å². The van der Waals surface area contributed by atoms with E-state index in [1.165, 1.54) is 15.3 Å². The van der Waals surface area contributed by atoms with Gasteiger partial charge in [-0.2, -0.15) is 0 Å². The first-order valence-corrected chi connectivity index (χ1v) is 10.3. The topological polar surface area (TPSA) is 12.0 Å². The fourth-order valence-electron chi connectivity index (χ4n) is 0.586. The van der Waals surface area contributed by atoms with Crippen LogP contribution in [-0.2, 0) is 0 Å². The van der Waals surface area contributed by atoms with Crippen molar-refractivity contribution < 1.29 is 0 Å². The molecule has 0 aliphatic rings. The molecule has 1 nitrogen and oxygen atoms in total. The van der Waals surface area contributed by atoms with E-state index in [0.717, 1.165) is 5.88 Å². The summed E-state index contributed by atoms with van der Waals surface area (Å²) < 4.78 is 3.03. The van der Waals surface area contributed by atoms with Gasteiger partial charge in [-0.25, -0.2) is 0 Å². The Hall–Kier alpha value is 1.46. The van der Waals surface area contributed by atoms with Gasteiger partial charge in [-0.05, 0) is 0 Å². The summed E-state index contributed by atoms with van der Waals surface area (Å²) in [5, 5.41) is 3.15. The van der Waals surface area contributed by atoms with E-state index < -0.39 is 0 Å². The van der Waals surface area contributed by atoms with E-state index in [9.17, 15) is 0 Å². The van der Waals surface area contributed by atoms with Crippen LogP contribution in [0.2, 0.25) is 4.44 Å². The number of nitrogens with one attached hydrogen (secondary N) is 1. The van der Waals surface area contributed by atoms with Gasteiger partial charge in [-0.3, -0.25) is 0 Å². The molecular weight excluding hydrogens is 281 g/mol. The Morgan fingerprint density at radius 1 is 1.36 bits per heavy atom. The van der Waals surface area contributed by atoms with Crippen LogP contribution in [0.15, 0.2) is 0 Å². The molecule has 0 aromatic carbocycles. The maximum absolute atomic E-state index is 3.15. The van der Waals surface area contributed by atoms with Crippen molar-refractivity contribution in [3.8, 4) is 0 Å². The van der Waals surface area contributed by atoms with Gasteiger partial charge in [0.05, 0.1) is 0 Å². The first kappa shape index (κ1) is 12.5. The van der Waals surface area contributed by atoms with Gasteiger partial charge in [0.15, 0.2) is 0 Å². The summed E-state index contributed by atoms with van der Waals surface area (Å²) in [5.74, 6) is 3.85. The van der Waals surface area contributed by atoms with Crippen molar-refractivity contribution >= 4 is 44.7 Å². The molecule has 0 amide bonds. The predicted molar refractivity (Wildman–Crippen MR) is 59.9 cm³/mol. The molecule has 0 radical (unpaired) electrons. The minimum absolute atomic E-state index is 0.0261. The van der Waals surface area contributed by atoms with E-state index in [1.807, 2.05) is 7.05 Å². The molecule has 0 saturated carbocycles. The van der Waals surface area contributed by atoms with Gasteiger partial charge in [0, 0.05) is 0 Å². The molecule has 0 saturated heterocycles. The third-order valence-electron chi connectivity index (χ3n) is 1.08. The quantitative estimate of drug-likeness (QED) is 0.416. The summed E-state index contributed by atoms with van der Waals surface area (Å²) in [6, 6.07) is 0. The van der Waals surface area contributed by atoms with Crippen molar-refractivity contribution in [2.45, 2.75) is 11.4 Å². The molecule has 0 bridgehead atoms. The zero-order valence-electron chi connectivity index (χ0n) is 7.35. The van der Waals surface area contributed by atoms with Crippen LogP contribution in [0.5, 0.6) is 0 Å². The number of hydrogen-bond donors (Lipinski definition) is 1. The molecule has 0 fully saturated rings. The third kappa shape index (κ3) is 11.5. The molecule has 64 valence electrons. The van der Waals surface area contributed by atoms with Crippen molar-refractivity contribution in [1.82, 2.24) is 5.32 Å². The summed E-state index contributed by atoms with van der Waals surface area (Å²) in [5.41, 5.74) is 0. The Morgan fingerprint density at radius 2 is 2.18 bits per heavy atom. The second-order valence-electron chi connectivity index (χ2n) is 2.04. The van der Waals surface area contributed by atoms with Crippen LogP contribution >= 0.6 is 23.5 Å². The average Bonchev–Trinajstić information content (AvgIpc) is 2.03. The fourth-order valence-corrected chi connectivity index (χ4v) is 7.58. The average molecular weight is 298 g/mol. The molecule has 0 spiro atoms. The van der Waals surface area contributed by atoms with E-state index >= 15 is 0 Å². The molecule has 0 unspecified atom stereocenters. The van der Waals surface area contributed by atoms with Gasteiger partial charge in [0.25, 0.3) is 0 Å². The summed E-state index contributed by atoms with van der Waals surface area (Å²) in [6.07, 6.45) is 0. The Bertz CT molecular complexity index is 65.5. The normalized spacial score (nSPS) is 9.64. The van der Waals surface area contributed by atoms with Crippen molar-refractivity contribution in [3.05, 3.63) is 0 Å². The van der Waals surface area contributed by atoms with Gasteiger partial charge in [0.1, 0.15) is 0 Å². The van der Waals surface area contributed by atoms with Crippen LogP contribution in [-0.4, -0.2) is 49.3 Å².